The largest absolute Gasteiger partial charge is 0.478 e. The first-order valence-corrected chi connectivity index (χ1v) is 20.2. The van der Waals surface area contributed by atoms with Gasteiger partial charge in [-0.2, -0.15) is 0 Å². The van der Waals surface area contributed by atoms with Gasteiger partial charge in [-0.3, -0.25) is 9.59 Å². The highest BCUT2D eigenvalue weighted by Gasteiger charge is 2.37. The van der Waals surface area contributed by atoms with Crippen molar-refractivity contribution in [3.63, 3.8) is 0 Å². The van der Waals surface area contributed by atoms with Crippen molar-refractivity contribution in [3.05, 3.63) is 167 Å². The number of Topliss-reactive ketones (excluding diaryl/α,β-unsaturated/α-hetero) is 2. The van der Waals surface area contributed by atoms with Crippen molar-refractivity contribution in [1.29, 1.82) is 0 Å². The summed E-state index contributed by atoms with van der Waals surface area (Å²) in [5, 5.41) is 20.4. The predicted octanol–water partition coefficient (Wildman–Crippen LogP) is 6.49. The molecule has 0 fully saturated rings. The van der Waals surface area contributed by atoms with Gasteiger partial charge < -0.3 is 33.1 Å². The Morgan fingerprint density at radius 2 is 0.804 bits per heavy atom. The minimum atomic E-state index is -1.06. The van der Waals surface area contributed by atoms with Crippen LogP contribution in [0, 0.1) is 0 Å². The lowest BCUT2D eigenvalue weighted by Crippen LogP contribution is -2.46. The molecule has 0 saturated carbocycles. The highest BCUT2D eigenvalue weighted by Crippen LogP contribution is 2.40. The molecule has 286 valence electrons. The van der Waals surface area contributed by atoms with Crippen LogP contribution in [0.15, 0.2) is 133 Å². The van der Waals surface area contributed by atoms with Gasteiger partial charge in [0.2, 0.25) is 0 Å². The average Bonchev–Trinajstić information content (AvgIpc) is 3.21. The fourth-order valence-electron chi connectivity index (χ4n) is 6.81. The summed E-state index contributed by atoms with van der Waals surface area (Å²) in [5.41, 5.74) is 30.3. The van der Waals surface area contributed by atoms with Crippen LogP contribution in [-0.4, -0.2) is 56.3 Å². The Bertz CT molecular complexity index is 2200. The Morgan fingerprint density at radius 3 is 1.16 bits per heavy atom. The van der Waals surface area contributed by atoms with Crippen molar-refractivity contribution in [2.75, 3.05) is 0 Å². The van der Waals surface area contributed by atoms with E-state index in [1.165, 1.54) is 24.3 Å². The van der Waals surface area contributed by atoms with E-state index in [1.807, 2.05) is 84.9 Å². The molecule has 10 nitrogen and oxygen atoms in total. The van der Waals surface area contributed by atoms with Crippen molar-refractivity contribution < 1.29 is 29.4 Å². The maximum atomic E-state index is 14.6. The zero-order valence-corrected chi connectivity index (χ0v) is 31.9. The number of hydrogen-bond donors (Lipinski definition) is 6. The number of fused-ring (bicyclic) bond motifs is 2. The number of carboxylic acid groups (broad SMARTS) is 2. The van der Waals surface area contributed by atoms with Gasteiger partial charge in [0.15, 0.2) is 11.6 Å². The fraction of sp³-hybridized carbons (Fsp3) is 0.182. The summed E-state index contributed by atoms with van der Waals surface area (Å²) in [4.78, 5) is 52.2. The predicted molar refractivity (Wildman–Crippen MR) is 225 cm³/mol. The first-order chi connectivity index (χ1) is 26.9. The summed E-state index contributed by atoms with van der Waals surface area (Å²) < 4.78 is 0. The normalized spacial score (nSPS) is 14.7. The van der Waals surface area contributed by atoms with Crippen LogP contribution in [0.3, 0.4) is 0 Å². The van der Waals surface area contributed by atoms with Crippen molar-refractivity contribution in [2.45, 2.75) is 47.5 Å². The van der Waals surface area contributed by atoms with Crippen LogP contribution < -0.4 is 22.9 Å². The number of rotatable bonds is 17. The molecule has 0 aromatic heterocycles. The molecule has 0 bridgehead atoms. The first kappa shape index (κ1) is 40.3. The van der Waals surface area contributed by atoms with Gasteiger partial charge in [-0.15, -0.1) is 0 Å². The molecule has 6 rings (SSSR count). The Labute approximate surface area is 332 Å². The molecule has 0 radical (unpaired) electrons. The fourth-order valence-corrected chi connectivity index (χ4v) is 10.2. The Morgan fingerprint density at radius 1 is 0.464 bits per heavy atom. The Kier molecular flexibility index (Phi) is 13.0. The van der Waals surface area contributed by atoms with E-state index >= 15 is 0 Å². The lowest BCUT2D eigenvalue weighted by atomic mass is 9.92. The third kappa shape index (κ3) is 9.19. The number of carboxylic acids is 2. The molecule has 0 aliphatic rings. The van der Waals surface area contributed by atoms with Crippen LogP contribution in [0.5, 0.6) is 0 Å². The second-order valence-corrected chi connectivity index (χ2v) is 16.2. The standard InChI is InChI=1S/C44H42N4O6S2/c45-35(23-25-15-19-29(20-16-25)43(51)52)41(39(49)37(47)33-13-5-9-27-7-1-3-11-31(27)33)55-56-42(36(46)24-26-17-21-30(22-18-26)44(53)54)40(50)38(48)34-14-6-10-28-8-2-4-12-32(28)34/h1-22,35-38,41-42H,23-24,45-48H2,(H,51,52)(H,53,54)/t35-,36-,37?,38?,41-,42?/m0/s1. The second-order valence-electron chi connectivity index (χ2n) is 13.7. The van der Waals surface area contributed by atoms with Crippen LogP contribution in [0.1, 0.15) is 55.1 Å². The van der Waals surface area contributed by atoms with Gasteiger partial charge in [0, 0.05) is 12.1 Å². The van der Waals surface area contributed by atoms with Gasteiger partial charge in [0.25, 0.3) is 0 Å². The summed E-state index contributed by atoms with van der Waals surface area (Å²) in [5.74, 6) is -2.83. The molecule has 10 N–H and O–H groups in total. The van der Waals surface area contributed by atoms with Gasteiger partial charge in [-0.05, 0) is 80.9 Å². The lowest BCUT2D eigenvalue weighted by Gasteiger charge is -2.29. The van der Waals surface area contributed by atoms with E-state index in [1.54, 1.807) is 24.3 Å². The molecule has 0 saturated heterocycles. The molecule has 56 heavy (non-hydrogen) atoms. The molecule has 6 atom stereocenters. The quantitative estimate of drug-likeness (QED) is 0.0548. The molecular weight excluding hydrogens is 745 g/mol. The maximum absolute atomic E-state index is 14.6. The number of benzene rings is 6. The molecule has 6 aromatic rings. The molecule has 6 aromatic carbocycles. The van der Waals surface area contributed by atoms with E-state index in [2.05, 4.69) is 0 Å². The molecule has 12 heteroatoms. The lowest BCUT2D eigenvalue weighted by molar-refractivity contribution is -0.121. The number of carbonyl (C=O) groups is 4. The van der Waals surface area contributed by atoms with Crippen LogP contribution >= 0.6 is 21.6 Å². The van der Waals surface area contributed by atoms with E-state index in [9.17, 15) is 29.4 Å². The SMILES string of the molecule is NC(C(=O)C(SS[C@H](C(=O)C(N)c1cccc2ccccc12)[C@@H](N)Cc1ccc(C(=O)O)cc1)[C@@H](N)Cc1ccc(C(=O)O)cc1)c1cccc2ccccc12. The smallest absolute Gasteiger partial charge is 0.335 e. The molecular formula is C44H42N4O6S2. The van der Waals surface area contributed by atoms with Crippen LogP contribution in [0.25, 0.3) is 21.5 Å². The van der Waals surface area contributed by atoms with E-state index in [4.69, 9.17) is 22.9 Å². The summed E-state index contributed by atoms with van der Waals surface area (Å²) >= 11 is 0. The topological polar surface area (TPSA) is 213 Å². The Balaban J connectivity index is 1.34. The summed E-state index contributed by atoms with van der Waals surface area (Å²) in [6.45, 7) is 0. The highest BCUT2D eigenvalue weighted by atomic mass is 33.1. The number of aromatic carboxylic acids is 2. The molecule has 0 aliphatic carbocycles. The number of carbonyl (C=O) groups excluding carboxylic acids is 2. The van der Waals surface area contributed by atoms with E-state index < -0.39 is 46.6 Å². The Hall–Kier alpha value is -5.34. The second kappa shape index (κ2) is 18.1. The summed E-state index contributed by atoms with van der Waals surface area (Å²) in [6.07, 6.45) is 0.421. The zero-order chi connectivity index (χ0) is 39.9. The van der Waals surface area contributed by atoms with Gasteiger partial charge >= 0.3 is 11.9 Å². The van der Waals surface area contributed by atoms with Crippen LogP contribution in [-0.2, 0) is 22.4 Å². The summed E-state index contributed by atoms with van der Waals surface area (Å²) in [6, 6.07) is 35.3. The van der Waals surface area contributed by atoms with E-state index in [-0.39, 0.29) is 35.5 Å². The third-order valence-corrected chi connectivity index (χ3v) is 13.1. The molecule has 0 amide bonds. The monoisotopic (exact) mass is 786 g/mol. The minimum absolute atomic E-state index is 0.119. The maximum Gasteiger partial charge on any atom is 0.335 e. The van der Waals surface area contributed by atoms with Crippen molar-refractivity contribution in [3.8, 4) is 0 Å². The van der Waals surface area contributed by atoms with E-state index in [0.717, 1.165) is 54.3 Å². The van der Waals surface area contributed by atoms with Crippen molar-refractivity contribution in [1.82, 2.24) is 0 Å². The van der Waals surface area contributed by atoms with Gasteiger partial charge in [0.05, 0.1) is 33.7 Å². The van der Waals surface area contributed by atoms with Crippen molar-refractivity contribution >= 4 is 66.6 Å². The number of ketones is 2. The zero-order valence-electron chi connectivity index (χ0n) is 30.2. The average molecular weight is 787 g/mol. The third-order valence-electron chi connectivity index (χ3n) is 9.88. The van der Waals surface area contributed by atoms with Crippen LogP contribution in [0.4, 0.5) is 0 Å². The highest BCUT2D eigenvalue weighted by molar-refractivity contribution is 8.77. The van der Waals surface area contributed by atoms with Gasteiger partial charge in [-0.1, -0.05) is 131 Å². The molecule has 3 unspecified atom stereocenters. The first-order valence-electron chi connectivity index (χ1n) is 17.9. The number of nitrogens with two attached hydrogens (primary N) is 4. The summed E-state index contributed by atoms with van der Waals surface area (Å²) in [7, 11) is 2.25. The van der Waals surface area contributed by atoms with Crippen molar-refractivity contribution in [2.24, 2.45) is 22.9 Å². The minimum Gasteiger partial charge on any atom is -0.478 e. The molecule has 0 aliphatic heterocycles. The van der Waals surface area contributed by atoms with Crippen LogP contribution in [0.2, 0.25) is 0 Å². The molecule has 0 heterocycles. The van der Waals surface area contributed by atoms with Gasteiger partial charge in [0.1, 0.15) is 0 Å². The molecule has 0 spiro atoms. The van der Waals surface area contributed by atoms with Gasteiger partial charge in [-0.25, -0.2) is 9.59 Å². The van der Waals surface area contributed by atoms with E-state index in [0.29, 0.717) is 11.1 Å². The number of hydrogen-bond acceptors (Lipinski definition) is 10.